The number of thioether (sulfide) groups is 1. The van der Waals surface area contributed by atoms with Gasteiger partial charge in [-0.1, -0.05) is 18.3 Å². The Morgan fingerprint density at radius 1 is 1.22 bits per heavy atom. The number of nitrogens with zero attached hydrogens (tertiary/aromatic N) is 2. The Morgan fingerprint density at radius 2 is 2.00 bits per heavy atom. The van der Waals surface area contributed by atoms with Gasteiger partial charge in [0.15, 0.2) is 5.01 Å². The van der Waals surface area contributed by atoms with Crippen molar-refractivity contribution >= 4 is 40.1 Å². The molecule has 0 bridgehead atoms. The SMILES string of the molecule is CCC(SCC(=O)OC)C(=O)Nc1nnc(-c2cc(OC)ccc2OC)s1. The summed E-state index contributed by atoms with van der Waals surface area (Å²) in [5, 5.41) is 11.5. The molecule has 146 valence electrons. The van der Waals surface area contributed by atoms with Crippen molar-refractivity contribution in [2.75, 3.05) is 32.4 Å². The maximum atomic E-state index is 12.4. The zero-order valence-corrected chi connectivity index (χ0v) is 17.1. The van der Waals surface area contributed by atoms with Crippen LogP contribution in [0.3, 0.4) is 0 Å². The van der Waals surface area contributed by atoms with Crippen LogP contribution in [0.25, 0.3) is 10.6 Å². The summed E-state index contributed by atoms with van der Waals surface area (Å²) in [5.41, 5.74) is 0.724. The molecule has 1 heterocycles. The number of benzene rings is 1. The lowest BCUT2D eigenvalue weighted by molar-refractivity contribution is -0.137. The molecule has 0 spiro atoms. The molecule has 1 amide bonds. The van der Waals surface area contributed by atoms with Gasteiger partial charge in [-0.2, -0.15) is 0 Å². The molecule has 8 nitrogen and oxygen atoms in total. The summed E-state index contributed by atoms with van der Waals surface area (Å²) < 4.78 is 15.2. The topological polar surface area (TPSA) is 99.6 Å². The fourth-order valence-electron chi connectivity index (χ4n) is 2.16. The average Bonchev–Trinajstić information content (AvgIpc) is 3.15. The second-order valence-electron chi connectivity index (χ2n) is 5.25. The van der Waals surface area contributed by atoms with Gasteiger partial charge >= 0.3 is 5.97 Å². The molecule has 0 saturated heterocycles. The van der Waals surface area contributed by atoms with Gasteiger partial charge in [0.2, 0.25) is 11.0 Å². The molecule has 1 aromatic heterocycles. The molecule has 0 saturated carbocycles. The van der Waals surface area contributed by atoms with Gasteiger partial charge in [-0.15, -0.1) is 22.0 Å². The van der Waals surface area contributed by atoms with E-state index in [2.05, 4.69) is 20.3 Å². The number of anilines is 1. The third kappa shape index (κ3) is 5.57. The van der Waals surface area contributed by atoms with Gasteiger partial charge in [-0.05, 0) is 24.6 Å². The molecule has 0 radical (unpaired) electrons. The van der Waals surface area contributed by atoms with Gasteiger partial charge in [0.25, 0.3) is 0 Å². The van der Waals surface area contributed by atoms with Crippen LogP contribution in [-0.2, 0) is 14.3 Å². The first-order chi connectivity index (χ1) is 13.0. The number of esters is 1. The molecule has 27 heavy (non-hydrogen) atoms. The zero-order valence-electron chi connectivity index (χ0n) is 15.5. The van der Waals surface area contributed by atoms with E-state index in [-0.39, 0.29) is 22.9 Å². The fourth-order valence-corrected chi connectivity index (χ4v) is 3.82. The first-order valence-corrected chi connectivity index (χ1v) is 9.94. The number of methoxy groups -OCH3 is 3. The first-order valence-electron chi connectivity index (χ1n) is 8.07. The number of rotatable bonds is 9. The summed E-state index contributed by atoms with van der Waals surface area (Å²) >= 11 is 2.46. The maximum Gasteiger partial charge on any atom is 0.315 e. The molecule has 1 N–H and O–H groups in total. The molecule has 1 atom stereocenters. The van der Waals surface area contributed by atoms with Crippen LogP contribution in [0.4, 0.5) is 5.13 Å². The summed E-state index contributed by atoms with van der Waals surface area (Å²) in [7, 11) is 4.47. The Labute approximate surface area is 165 Å². The second-order valence-corrected chi connectivity index (χ2v) is 7.42. The fraction of sp³-hybridized carbons (Fsp3) is 0.412. The number of hydrogen-bond donors (Lipinski definition) is 1. The minimum absolute atomic E-state index is 0.116. The Bertz CT molecular complexity index is 797. The highest BCUT2D eigenvalue weighted by Crippen LogP contribution is 2.36. The van der Waals surface area contributed by atoms with Gasteiger partial charge in [-0.3, -0.25) is 14.9 Å². The van der Waals surface area contributed by atoms with Crippen molar-refractivity contribution < 1.29 is 23.8 Å². The summed E-state index contributed by atoms with van der Waals surface area (Å²) in [6, 6.07) is 5.37. The quantitative estimate of drug-likeness (QED) is 0.629. The van der Waals surface area contributed by atoms with Crippen LogP contribution in [0, 0.1) is 0 Å². The van der Waals surface area contributed by atoms with Crippen LogP contribution in [0.1, 0.15) is 13.3 Å². The number of amides is 1. The third-order valence-corrected chi connectivity index (χ3v) is 5.81. The minimum Gasteiger partial charge on any atom is -0.497 e. The normalized spacial score (nSPS) is 11.6. The summed E-state index contributed by atoms with van der Waals surface area (Å²) in [5.74, 6) is 0.813. The van der Waals surface area contributed by atoms with E-state index in [0.29, 0.717) is 28.1 Å². The summed E-state index contributed by atoms with van der Waals surface area (Å²) in [6.45, 7) is 1.88. The molecule has 0 aliphatic heterocycles. The van der Waals surface area contributed by atoms with E-state index in [9.17, 15) is 9.59 Å². The number of ether oxygens (including phenoxy) is 3. The lowest BCUT2D eigenvalue weighted by atomic mass is 10.2. The van der Waals surface area contributed by atoms with Gasteiger partial charge in [-0.25, -0.2) is 0 Å². The van der Waals surface area contributed by atoms with Crippen molar-refractivity contribution in [2.45, 2.75) is 18.6 Å². The van der Waals surface area contributed by atoms with Crippen molar-refractivity contribution in [3.05, 3.63) is 18.2 Å². The predicted molar refractivity (Wildman–Crippen MR) is 106 cm³/mol. The molecule has 2 rings (SSSR count). The van der Waals surface area contributed by atoms with Crippen LogP contribution in [0.2, 0.25) is 0 Å². The van der Waals surface area contributed by atoms with E-state index in [1.54, 1.807) is 32.4 Å². The van der Waals surface area contributed by atoms with Crippen molar-refractivity contribution in [3.8, 4) is 22.1 Å². The van der Waals surface area contributed by atoms with Gasteiger partial charge in [0.1, 0.15) is 11.5 Å². The van der Waals surface area contributed by atoms with E-state index >= 15 is 0 Å². The maximum absolute atomic E-state index is 12.4. The molecule has 0 fully saturated rings. The highest BCUT2D eigenvalue weighted by Gasteiger charge is 2.21. The molecular weight excluding hydrogens is 390 g/mol. The van der Waals surface area contributed by atoms with Crippen molar-refractivity contribution in [2.24, 2.45) is 0 Å². The van der Waals surface area contributed by atoms with Crippen molar-refractivity contribution in [1.29, 1.82) is 0 Å². The Morgan fingerprint density at radius 3 is 2.63 bits per heavy atom. The highest BCUT2D eigenvalue weighted by atomic mass is 32.2. The Balaban J connectivity index is 2.11. The Hall–Kier alpha value is -2.33. The van der Waals surface area contributed by atoms with E-state index in [1.807, 2.05) is 6.92 Å². The van der Waals surface area contributed by atoms with Crippen molar-refractivity contribution in [3.63, 3.8) is 0 Å². The molecule has 0 aliphatic rings. The minimum atomic E-state index is -0.386. The first kappa shape index (κ1) is 21.0. The Kier molecular flexibility index (Phi) is 7.86. The van der Waals surface area contributed by atoms with E-state index in [4.69, 9.17) is 9.47 Å². The third-order valence-electron chi connectivity index (χ3n) is 3.59. The second kappa shape index (κ2) is 10.1. The van der Waals surface area contributed by atoms with Gasteiger partial charge in [0.05, 0.1) is 37.9 Å². The molecule has 1 aromatic carbocycles. The molecule has 1 unspecified atom stereocenters. The van der Waals surface area contributed by atoms with Gasteiger partial charge in [0, 0.05) is 0 Å². The molecule has 2 aromatic rings. The number of nitrogens with one attached hydrogen (secondary N) is 1. The van der Waals surface area contributed by atoms with Gasteiger partial charge < -0.3 is 14.2 Å². The number of carbonyl (C=O) groups is 2. The van der Waals surface area contributed by atoms with E-state index in [1.165, 1.54) is 30.2 Å². The largest absolute Gasteiger partial charge is 0.497 e. The zero-order chi connectivity index (χ0) is 19.8. The monoisotopic (exact) mass is 411 g/mol. The summed E-state index contributed by atoms with van der Waals surface area (Å²) in [4.78, 5) is 23.7. The van der Waals surface area contributed by atoms with Crippen molar-refractivity contribution in [1.82, 2.24) is 10.2 Å². The molecule has 0 aliphatic carbocycles. The number of hydrogen-bond acceptors (Lipinski definition) is 9. The number of carbonyl (C=O) groups excluding carboxylic acids is 2. The molecule has 10 heteroatoms. The van der Waals surface area contributed by atoms with Crippen LogP contribution in [0.15, 0.2) is 18.2 Å². The van der Waals surface area contributed by atoms with Crippen LogP contribution in [0.5, 0.6) is 11.5 Å². The predicted octanol–water partition coefficient (Wildman–Crippen LogP) is 2.85. The van der Waals surface area contributed by atoms with Crippen LogP contribution < -0.4 is 14.8 Å². The lowest BCUT2D eigenvalue weighted by Crippen LogP contribution is -2.25. The smallest absolute Gasteiger partial charge is 0.315 e. The highest BCUT2D eigenvalue weighted by molar-refractivity contribution is 8.01. The van der Waals surface area contributed by atoms with Crippen LogP contribution >= 0.6 is 23.1 Å². The standard InChI is InChI=1S/C17H21N3O5S2/c1-5-13(26-9-14(21)25-4)15(22)18-17-20-19-16(27-17)11-8-10(23-2)6-7-12(11)24-3/h6-8,13H,5,9H2,1-4H3,(H,18,20,22). The van der Waals surface area contributed by atoms with Crippen LogP contribution in [-0.4, -0.2) is 54.4 Å². The average molecular weight is 412 g/mol. The van der Waals surface area contributed by atoms with E-state index < -0.39 is 0 Å². The molecular formula is C17H21N3O5S2. The summed E-state index contributed by atoms with van der Waals surface area (Å²) in [6.07, 6.45) is 0.572. The number of aromatic nitrogens is 2. The lowest BCUT2D eigenvalue weighted by Gasteiger charge is -2.12. The van der Waals surface area contributed by atoms with E-state index in [0.717, 1.165) is 5.56 Å².